The molecule has 0 aliphatic rings. The molecule has 0 spiro atoms. The molecule has 8 rings (SSSR count). The Bertz CT molecular complexity index is 2140. The van der Waals surface area contributed by atoms with E-state index in [0.717, 1.165) is 50.5 Å². The molecule has 0 bridgehead atoms. The molecule has 0 aliphatic heterocycles. The minimum atomic E-state index is 0.945. The van der Waals surface area contributed by atoms with Gasteiger partial charge in [0.15, 0.2) is 0 Å². The number of nitrogens with zero attached hydrogens (tertiary/aromatic N) is 2. The quantitative estimate of drug-likeness (QED) is 0.196. The van der Waals surface area contributed by atoms with Crippen LogP contribution in [0.1, 0.15) is 0 Å². The average Bonchev–Trinajstić information content (AvgIpc) is 3.11. The van der Waals surface area contributed by atoms with Gasteiger partial charge in [-0.05, 0) is 92.3 Å². The van der Waals surface area contributed by atoms with Crippen LogP contribution in [0.15, 0.2) is 170 Å². The first-order valence-corrected chi connectivity index (χ1v) is 14.9. The summed E-state index contributed by atoms with van der Waals surface area (Å²) in [5.41, 5.74) is 10.7. The second-order valence-corrected chi connectivity index (χ2v) is 11.1. The van der Waals surface area contributed by atoms with E-state index in [9.17, 15) is 0 Å². The number of aromatic nitrogens is 2. The highest BCUT2D eigenvalue weighted by atomic mass is 14.7. The molecule has 0 radical (unpaired) electrons. The number of hydrogen-bond donors (Lipinski definition) is 0. The lowest BCUT2D eigenvalue weighted by Gasteiger charge is -2.16. The highest BCUT2D eigenvalue weighted by Crippen LogP contribution is 2.41. The zero-order chi connectivity index (χ0) is 29.3. The van der Waals surface area contributed by atoms with Crippen LogP contribution in [0.3, 0.4) is 0 Å². The molecule has 0 unspecified atom stereocenters. The third-order valence-corrected chi connectivity index (χ3v) is 8.25. The summed E-state index contributed by atoms with van der Waals surface area (Å²) >= 11 is 0. The van der Waals surface area contributed by atoms with Gasteiger partial charge in [0.2, 0.25) is 0 Å². The minimum absolute atomic E-state index is 0.945. The van der Waals surface area contributed by atoms with Gasteiger partial charge >= 0.3 is 0 Å². The van der Waals surface area contributed by atoms with Crippen molar-refractivity contribution in [2.24, 2.45) is 0 Å². The van der Waals surface area contributed by atoms with E-state index in [-0.39, 0.29) is 0 Å². The molecule has 206 valence electrons. The predicted octanol–water partition coefficient (Wildman–Crippen LogP) is 11.1. The van der Waals surface area contributed by atoms with Gasteiger partial charge in [-0.25, -0.2) is 4.98 Å². The maximum Gasteiger partial charge on any atom is 0.0715 e. The highest BCUT2D eigenvalue weighted by Gasteiger charge is 2.15. The van der Waals surface area contributed by atoms with E-state index in [0.29, 0.717) is 0 Å². The SMILES string of the molecule is c1ccc(-c2cc(-c3cc(-c4ccccn4)cc(-c4c5ccccc5cc5ccccc45)c3)cc(-c3ccccc3)n2)cc1. The Balaban J connectivity index is 1.43. The monoisotopic (exact) mass is 560 g/mol. The summed E-state index contributed by atoms with van der Waals surface area (Å²) in [7, 11) is 0. The van der Waals surface area contributed by atoms with Crippen LogP contribution in [0.5, 0.6) is 0 Å². The maximum atomic E-state index is 5.13. The van der Waals surface area contributed by atoms with Crippen LogP contribution < -0.4 is 0 Å². The second-order valence-electron chi connectivity index (χ2n) is 11.1. The largest absolute Gasteiger partial charge is 0.256 e. The second kappa shape index (κ2) is 11.1. The van der Waals surface area contributed by atoms with Crippen molar-refractivity contribution in [1.29, 1.82) is 0 Å². The summed E-state index contributed by atoms with van der Waals surface area (Å²) in [6, 6.07) is 57.9. The molecule has 8 aromatic rings. The Morgan fingerprint density at radius 2 is 0.818 bits per heavy atom. The third kappa shape index (κ3) is 4.83. The predicted molar refractivity (Wildman–Crippen MR) is 184 cm³/mol. The summed E-state index contributed by atoms with van der Waals surface area (Å²) in [5, 5.41) is 4.93. The van der Waals surface area contributed by atoms with Gasteiger partial charge in [0.25, 0.3) is 0 Å². The first-order chi connectivity index (χ1) is 21.8. The highest BCUT2D eigenvalue weighted by molar-refractivity contribution is 6.13. The zero-order valence-electron chi connectivity index (χ0n) is 24.1. The standard InChI is InChI=1S/C42H28N2/c1-3-13-29(14-4-1)40-27-34(28-41(44-40)30-15-5-2-6-16-30)33-24-35(39-21-11-12-22-43-39)26-36(25-33)42-37-19-9-7-17-31(37)23-32-18-8-10-20-38(32)42/h1-28H. The fourth-order valence-corrected chi connectivity index (χ4v) is 6.16. The molecule has 2 heterocycles. The molecule has 2 nitrogen and oxygen atoms in total. The molecule has 0 atom stereocenters. The third-order valence-electron chi connectivity index (χ3n) is 8.25. The fourth-order valence-electron chi connectivity index (χ4n) is 6.16. The van der Waals surface area contributed by atoms with Crippen LogP contribution in [0.2, 0.25) is 0 Å². The number of pyridine rings is 2. The Labute approximate surface area is 257 Å². The summed E-state index contributed by atoms with van der Waals surface area (Å²) in [6.45, 7) is 0. The summed E-state index contributed by atoms with van der Waals surface area (Å²) < 4.78 is 0. The fraction of sp³-hybridized carbons (Fsp3) is 0. The van der Waals surface area contributed by atoms with Gasteiger partial charge in [-0.2, -0.15) is 0 Å². The zero-order valence-corrected chi connectivity index (χ0v) is 24.1. The molecule has 0 saturated heterocycles. The Kier molecular flexibility index (Phi) is 6.51. The first kappa shape index (κ1) is 25.8. The van der Waals surface area contributed by atoms with Crippen molar-refractivity contribution in [3.8, 4) is 56.0 Å². The number of benzene rings is 6. The van der Waals surface area contributed by atoms with Crippen LogP contribution in [-0.2, 0) is 0 Å². The Morgan fingerprint density at radius 1 is 0.318 bits per heavy atom. The van der Waals surface area contributed by atoms with Crippen molar-refractivity contribution in [1.82, 2.24) is 9.97 Å². The van der Waals surface area contributed by atoms with Crippen LogP contribution in [-0.4, -0.2) is 9.97 Å². The first-order valence-electron chi connectivity index (χ1n) is 14.9. The summed E-state index contributed by atoms with van der Waals surface area (Å²) in [5.74, 6) is 0. The molecule has 0 N–H and O–H groups in total. The van der Waals surface area contributed by atoms with E-state index < -0.39 is 0 Å². The van der Waals surface area contributed by atoms with Crippen molar-refractivity contribution >= 4 is 21.5 Å². The van der Waals surface area contributed by atoms with Crippen LogP contribution in [0.4, 0.5) is 0 Å². The maximum absolute atomic E-state index is 5.13. The van der Waals surface area contributed by atoms with E-state index in [1.165, 1.54) is 27.1 Å². The summed E-state index contributed by atoms with van der Waals surface area (Å²) in [4.78, 5) is 9.89. The van der Waals surface area contributed by atoms with Gasteiger partial charge < -0.3 is 0 Å². The van der Waals surface area contributed by atoms with Crippen molar-refractivity contribution < 1.29 is 0 Å². The molecular weight excluding hydrogens is 532 g/mol. The average molecular weight is 561 g/mol. The number of fused-ring (bicyclic) bond motifs is 2. The lowest BCUT2D eigenvalue weighted by Crippen LogP contribution is -1.93. The summed E-state index contributed by atoms with van der Waals surface area (Å²) in [6.07, 6.45) is 1.86. The van der Waals surface area contributed by atoms with Crippen LogP contribution in [0, 0.1) is 0 Å². The smallest absolute Gasteiger partial charge is 0.0715 e. The van der Waals surface area contributed by atoms with Crippen molar-refractivity contribution in [2.45, 2.75) is 0 Å². The molecule has 0 aliphatic carbocycles. The topological polar surface area (TPSA) is 25.8 Å². The molecule has 44 heavy (non-hydrogen) atoms. The lowest BCUT2D eigenvalue weighted by atomic mass is 9.88. The molecular formula is C42H28N2. The molecule has 2 heteroatoms. The molecule has 2 aromatic heterocycles. The van der Waals surface area contributed by atoms with E-state index in [1.807, 2.05) is 24.4 Å². The van der Waals surface area contributed by atoms with E-state index in [1.54, 1.807) is 0 Å². The van der Waals surface area contributed by atoms with E-state index in [2.05, 4.69) is 146 Å². The Hall–Kier alpha value is -5.86. The van der Waals surface area contributed by atoms with Gasteiger partial charge in [0, 0.05) is 22.9 Å². The van der Waals surface area contributed by atoms with Crippen molar-refractivity contribution in [3.05, 3.63) is 170 Å². The molecule has 6 aromatic carbocycles. The lowest BCUT2D eigenvalue weighted by molar-refractivity contribution is 1.32. The molecule has 0 amide bonds. The van der Waals surface area contributed by atoms with Gasteiger partial charge in [0.1, 0.15) is 0 Å². The van der Waals surface area contributed by atoms with Gasteiger partial charge in [0.05, 0.1) is 17.1 Å². The van der Waals surface area contributed by atoms with Gasteiger partial charge in [-0.1, -0.05) is 115 Å². The molecule has 0 fully saturated rings. The van der Waals surface area contributed by atoms with Crippen LogP contribution in [0.25, 0.3) is 77.6 Å². The van der Waals surface area contributed by atoms with Gasteiger partial charge in [-0.3, -0.25) is 4.98 Å². The van der Waals surface area contributed by atoms with E-state index >= 15 is 0 Å². The van der Waals surface area contributed by atoms with Crippen molar-refractivity contribution in [2.75, 3.05) is 0 Å². The van der Waals surface area contributed by atoms with E-state index in [4.69, 9.17) is 9.97 Å². The van der Waals surface area contributed by atoms with Crippen LogP contribution >= 0.6 is 0 Å². The number of hydrogen-bond acceptors (Lipinski definition) is 2. The number of rotatable bonds is 5. The van der Waals surface area contributed by atoms with Crippen molar-refractivity contribution in [3.63, 3.8) is 0 Å². The normalized spacial score (nSPS) is 11.2. The minimum Gasteiger partial charge on any atom is -0.256 e. The molecule has 0 saturated carbocycles. The van der Waals surface area contributed by atoms with Gasteiger partial charge in [-0.15, -0.1) is 0 Å². The Morgan fingerprint density at radius 3 is 1.41 bits per heavy atom.